The van der Waals surface area contributed by atoms with Gasteiger partial charge in [0.15, 0.2) is 9.84 Å². The molecule has 1 aromatic carbocycles. The highest BCUT2D eigenvalue weighted by Gasteiger charge is 2.62. The van der Waals surface area contributed by atoms with E-state index in [1.165, 1.54) is 51.4 Å². The normalized spacial score (nSPS) is 43.5. The van der Waals surface area contributed by atoms with Gasteiger partial charge in [-0.05, 0) is 167 Å². The van der Waals surface area contributed by atoms with Gasteiger partial charge in [-0.2, -0.15) is 0 Å². The minimum Gasteiger partial charge on any atom is -0.393 e. The van der Waals surface area contributed by atoms with Gasteiger partial charge in [0.2, 0.25) is 0 Å². The van der Waals surface area contributed by atoms with Gasteiger partial charge in [-0.3, -0.25) is 0 Å². The van der Waals surface area contributed by atoms with Crippen LogP contribution < -0.4 is 0 Å². The number of sulfone groups is 1. The summed E-state index contributed by atoms with van der Waals surface area (Å²) >= 11 is 0. The summed E-state index contributed by atoms with van der Waals surface area (Å²) in [4.78, 5) is 0.425. The van der Waals surface area contributed by atoms with Crippen LogP contribution >= 0.6 is 0 Å². The molecule has 7 rings (SSSR count). The Morgan fingerprint density at radius 1 is 0.810 bits per heavy atom. The van der Waals surface area contributed by atoms with Crippen LogP contribution in [0.15, 0.2) is 35.2 Å². The highest BCUT2D eigenvalue weighted by atomic mass is 32.2. The van der Waals surface area contributed by atoms with Crippen molar-refractivity contribution in [2.75, 3.05) is 0 Å². The molecule has 4 nitrogen and oxygen atoms in total. The Labute approximate surface area is 255 Å². The van der Waals surface area contributed by atoms with E-state index in [0.29, 0.717) is 39.9 Å². The maximum absolute atomic E-state index is 14.5. The Morgan fingerprint density at radius 2 is 1.45 bits per heavy atom. The summed E-state index contributed by atoms with van der Waals surface area (Å²) in [5, 5.41) is 21.8. The van der Waals surface area contributed by atoms with Crippen molar-refractivity contribution >= 4 is 9.84 Å². The standard InChI is InChI=1S/C37H56O4S/c1-25(33(42(40,41)28-7-5-4-6-8-28)24-37(39)21-19-36(17-18-36)20-22-37)30-11-12-31-29-10-9-26-23-27(38)13-15-34(26,2)32(29)14-16-35(30,31)3/h4-8,25-27,29-33,38-39H,9-24H2,1-3H3/t25-,26?,27?,29?,30?,31?,32?,33?,34?,35?/m0/s1. The van der Waals surface area contributed by atoms with Crippen molar-refractivity contribution in [1.82, 2.24) is 0 Å². The van der Waals surface area contributed by atoms with Gasteiger partial charge < -0.3 is 10.2 Å². The number of fused-ring (bicyclic) bond motifs is 5. The molecule has 0 aromatic heterocycles. The molecule has 6 saturated carbocycles. The van der Waals surface area contributed by atoms with Gasteiger partial charge in [-0.15, -0.1) is 0 Å². The summed E-state index contributed by atoms with van der Waals surface area (Å²) in [7, 11) is -3.59. The molecule has 0 amide bonds. The molecule has 0 bridgehead atoms. The molecular weight excluding hydrogens is 540 g/mol. The Morgan fingerprint density at radius 3 is 2.14 bits per heavy atom. The van der Waals surface area contributed by atoms with Gasteiger partial charge in [-0.25, -0.2) is 8.42 Å². The number of hydrogen-bond donors (Lipinski definition) is 2. The van der Waals surface area contributed by atoms with Crippen molar-refractivity contribution in [3.63, 3.8) is 0 Å². The maximum Gasteiger partial charge on any atom is 0.181 e. The second-order valence-electron chi connectivity index (χ2n) is 17.0. The topological polar surface area (TPSA) is 74.6 Å². The quantitative estimate of drug-likeness (QED) is 0.349. The van der Waals surface area contributed by atoms with E-state index in [4.69, 9.17) is 0 Å². The lowest BCUT2D eigenvalue weighted by molar-refractivity contribution is -0.129. The lowest BCUT2D eigenvalue weighted by atomic mass is 9.44. The Hall–Kier alpha value is -0.910. The molecule has 5 heteroatoms. The molecular formula is C37H56O4S. The van der Waals surface area contributed by atoms with Crippen LogP contribution in [0.5, 0.6) is 0 Å². The van der Waals surface area contributed by atoms with Crippen LogP contribution in [0.2, 0.25) is 0 Å². The predicted octanol–water partition coefficient (Wildman–Crippen LogP) is 7.96. The molecule has 9 unspecified atom stereocenters. The average molecular weight is 597 g/mol. The highest BCUT2D eigenvalue weighted by molar-refractivity contribution is 7.92. The fourth-order valence-electron chi connectivity index (χ4n) is 12.3. The fourth-order valence-corrected chi connectivity index (χ4v) is 14.4. The molecule has 6 aliphatic rings. The van der Waals surface area contributed by atoms with E-state index in [2.05, 4.69) is 20.8 Å². The maximum atomic E-state index is 14.5. The number of aliphatic hydroxyl groups excluding tert-OH is 1. The molecule has 6 aliphatic carbocycles. The van der Waals surface area contributed by atoms with E-state index < -0.39 is 20.7 Å². The Balaban J connectivity index is 1.16. The van der Waals surface area contributed by atoms with E-state index in [1.54, 1.807) is 12.1 Å². The molecule has 0 radical (unpaired) electrons. The van der Waals surface area contributed by atoms with Crippen molar-refractivity contribution in [1.29, 1.82) is 0 Å². The van der Waals surface area contributed by atoms with Gasteiger partial charge in [0, 0.05) is 0 Å². The first-order valence-electron chi connectivity index (χ1n) is 17.6. The van der Waals surface area contributed by atoms with Gasteiger partial charge in [0.05, 0.1) is 21.9 Å². The number of benzene rings is 1. The van der Waals surface area contributed by atoms with Crippen LogP contribution in [0.4, 0.5) is 0 Å². The fraction of sp³-hybridized carbons (Fsp3) is 0.838. The molecule has 1 aromatic rings. The van der Waals surface area contributed by atoms with Crippen molar-refractivity contribution in [3.8, 4) is 0 Å². The van der Waals surface area contributed by atoms with Crippen molar-refractivity contribution < 1.29 is 18.6 Å². The largest absolute Gasteiger partial charge is 0.393 e. The molecule has 1 spiro atoms. The summed E-state index contributed by atoms with van der Waals surface area (Å²) in [5.74, 6) is 3.19. The van der Waals surface area contributed by atoms with Gasteiger partial charge in [0.1, 0.15) is 0 Å². The molecule has 42 heavy (non-hydrogen) atoms. The lowest BCUT2D eigenvalue weighted by Gasteiger charge is -2.61. The van der Waals surface area contributed by atoms with E-state index in [-0.39, 0.29) is 17.4 Å². The predicted molar refractivity (Wildman–Crippen MR) is 168 cm³/mol. The first-order chi connectivity index (χ1) is 19.9. The van der Waals surface area contributed by atoms with Crippen molar-refractivity contribution in [2.45, 2.75) is 145 Å². The monoisotopic (exact) mass is 596 g/mol. The van der Waals surface area contributed by atoms with Gasteiger partial charge in [0.25, 0.3) is 0 Å². The van der Waals surface area contributed by atoms with E-state index in [9.17, 15) is 18.6 Å². The van der Waals surface area contributed by atoms with E-state index >= 15 is 0 Å². The minimum atomic E-state index is -3.59. The van der Waals surface area contributed by atoms with Crippen LogP contribution in [-0.2, 0) is 9.84 Å². The smallest absolute Gasteiger partial charge is 0.181 e. The second kappa shape index (κ2) is 10.3. The molecule has 10 atom stereocenters. The van der Waals surface area contributed by atoms with Crippen molar-refractivity contribution in [3.05, 3.63) is 30.3 Å². The third kappa shape index (κ3) is 4.77. The molecule has 6 fully saturated rings. The van der Waals surface area contributed by atoms with E-state index in [1.807, 2.05) is 18.2 Å². The van der Waals surface area contributed by atoms with Gasteiger partial charge >= 0.3 is 0 Å². The Bertz CT molecular complexity index is 1250. The molecule has 0 saturated heterocycles. The van der Waals surface area contributed by atoms with Gasteiger partial charge in [-0.1, -0.05) is 39.0 Å². The highest BCUT2D eigenvalue weighted by Crippen LogP contribution is 2.69. The first kappa shape index (κ1) is 29.8. The number of aliphatic hydroxyl groups is 2. The minimum absolute atomic E-state index is 0.0133. The summed E-state index contributed by atoms with van der Waals surface area (Å²) < 4.78 is 28.9. The third-order valence-corrected chi connectivity index (χ3v) is 17.5. The third-order valence-electron chi connectivity index (χ3n) is 15.2. The van der Waals surface area contributed by atoms with Crippen LogP contribution in [0.3, 0.4) is 0 Å². The van der Waals surface area contributed by atoms with Crippen LogP contribution in [0.25, 0.3) is 0 Å². The molecule has 2 N–H and O–H groups in total. The summed E-state index contributed by atoms with van der Waals surface area (Å²) in [6, 6.07) is 9.12. The molecule has 0 aliphatic heterocycles. The SMILES string of the molecule is C[C@@H](C1CCC2C3CCC4CC(O)CCC4(C)C3CCC21C)C(CC1(O)CCC2(CC1)CC2)S(=O)(=O)c1ccccc1. The first-order valence-corrected chi connectivity index (χ1v) is 19.1. The molecule has 0 heterocycles. The summed E-state index contributed by atoms with van der Waals surface area (Å²) in [5.41, 5.74) is 0.109. The zero-order chi connectivity index (χ0) is 29.5. The zero-order valence-corrected chi connectivity index (χ0v) is 27.3. The number of rotatable bonds is 6. The number of hydrogen-bond acceptors (Lipinski definition) is 4. The summed E-state index contributed by atoms with van der Waals surface area (Å²) in [6.07, 6.45) is 16.9. The van der Waals surface area contributed by atoms with E-state index in [0.717, 1.165) is 56.8 Å². The van der Waals surface area contributed by atoms with Crippen molar-refractivity contribution in [2.24, 2.45) is 51.8 Å². The average Bonchev–Trinajstić information content (AvgIpc) is 3.65. The second-order valence-corrected chi connectivity index (χ2v) is 19.2. The summed E-state index contributed by atoms with van der Waals surface area (Å²) in [6.45, 7) is 7.32. The zero-order valence-electron chi connectivity index (χ0n) is 26.4. The Kier molecular flexibility index (Phi) is 7.31. The van der Waals surface area contributed by atoms with Crippen LogP contribution in [0.1, 0.15) is 124 Å². The van der Waals surface area contributed by atoms with Crippen LogP contribution in [0, 0.1) is 51.8 Å². The van der Waals surface area contributed by atoms with Crippen LogP contribution in [-0.4, -0.2) is 35.6 Å². The lowest BCUT2D eigenvalue weighted by Crippen LogP contribution is -2.54. The molecule has 234 valence electrons.